The number of phenols is 1. The highest BCUT2D eigenvalue weighted by Crippen LogP contribution is 2.33. The summed E-state index contributed by atoms with van der Waals surface area (Å²) < 4.78 is 18.2. The molecule has 2 rings (SSSR count). The second kappa shape index (κ2) is 4.36. The van der Waals surface area contributed by atoms with Gasteiger partial charge in [-0.05, 0) is 18.2 Å². The molecule has 1 heterocycles. The zero-order valence-electron chi connectivity index (χ0n) is 9.27. The number of H-pyrrole nitrogens is 1. The number of aromatic carboxylic acids is 1. The summed E-state index contributed by atoms with van der Waals surface area (Å²) in [6, 6.07) is 3.58. The smallest absolute Gasteiger partial charge is 0.353 e. The Morgan fingerprint density at radius 3 is 2.67 bits per heavy atom. The molecule has 1 aromatic heterocycles. The third-order valence-electron chi connectivity index (χ3n) is 2.33. The quantitative estimate of drug-likeness (QED) is 0.771. The highest BCUT2D eigenvalue weighted by atomic mass is 19.1. The number of ether oxygens (including phenoxy) is 1. The van der Waals surface area contributed by atoms with E-state index in [9.17, 15) is 14.3 Å². The molecular formula is C11H9FN2O4. The Kier molecular flexibility index (Phi) is 2.88. The van der Waals surface area contributed by atoms with Crippen LogP contribution in [0.1, 0.15) is 10.5 Å². The third kappa shape index (κ3) is 1.97. The van der Waals surface area contributed by atoms with Crippen LogP contribution in [0.5, 0.6) is 11.5 Å². The molecule has 2 aromatic rings. The maximum absolute atomic E-state index is 13.5. The fourth-order valence-corrected chi connectivity index (χ4v) is 1.51. The first kappa shape index (κ1) is 11.9. The van der Waals surface area contributed by atoms with Gasteiger partial charge in [0.2, 0.25) is 0 Å². The number of nitrogens with one attached hydrogen (secondary N) is 1. The second-order valence-electron chi connectivity index (χ2n) is 3.48. The first-order chi connectivity index (χ1) is 8.52. The average Bonchev–Trinajstić information content (AvgIpc) is 2.77. The first-order valence-electron chi connectivity index (χ1n) is 4.88. The van der Waals surface area contributed by atoms with Crippen LogP contribution in [0, 0.1) is 5.82 Å². The number of carboxylic acid groups (broad SMARTS) is 1. The molecule has 0 amide bonds. The molecule has 7 heteroatoms. The van der Waals surface area contributed by atoms with E-state index in [2.05, 4.69) is 14.9 Å². The number of carboxylic acids is 1. The van der Waals surface area contributed by atoms with Crippen LogP contribution < -0.4 is 4.74 Å². The lowest BCUT2D eigenvalue weighted by Gasteiger charge is -2.06. The Morgan fingerprint density at radius 1 is 1.44 bits per heavy atom. The summed E-state index contributed by atoms with van der Waals surface area (Å²) in [6.07, 6.45) is 0. The number of hydrogen-bond donors (Lipinski definition) is 3. The van der Waals surface area contributed by atoms with E-state index < -0.39 is 11.8 Å². The van der Waals surface area contributed by atoms with Crippen LogP contribution in [0.3, 0.4) is 0 Å². The molecule has 94 valence electrons. The number of rotatable bonds is 3. The molecule has 0 saturated carbocycles. The number of hydrogen-bond acceptors (Lipinski definition) is 4. The largest absolute Gasteiger partial charge is 0.504 e. The Morgan fingerprint density at radius 2 is 2.17 bits per heavy atom. The van der Waals surface area contributed by atoms with E-state index in [-0.39, 0.29) is 28.5 Å². The summed E-state index contributed by atoms with van der Waals surface area (Å²) in [4.78, 5) is 10.7. The summed E-state index contributed by atoms with van der Waals surface area (Å²) in [5, 5.41) is 24.3. The summed E-state index contributed by atoms with van der Waals surface area (Å²) >= 11 is 0. The van der Waals surface area contributed by atoms with Gasteiger partial charge in [-0.2, -0.15) is 5.10 Å². The minimum absolute atomic E-state index is 0.124. The van der Waals surface area contributed by atoms with Gasteiger partial charge in [-0.25, -0.2) is 9.18 Å². The lowest BCUT2D eigenvalue weighted by Crippen LogP contribution is -1.95. The topological polar surface area (TPSA) is 95.4 Å². The van der Waals surface area contributed by atoms with Crippen molar-refractivity contribution < 1.29 is 24.1 Å². The van der Waals surface area contributed by atoms with Gasteiger partial charge in [0.25, 0.3) is 0 Å². The highest BCUT2D eigenvalue weighted by molar-refractivity contribution is 5.86. The Balaban J connectivity index is 2.47. The summed E-state index contributed by atoms with van der Waals surface area (Å²) in [5.41, 5.74) is 0.333. The molecule has 0 aliphatic carbocycles. The van der Waals surface area contributed by atoms with Crippen molar-refractivity contribution in [3.05, 3.63) is 29.7 Å². The highest BCUT2D eigenvalue weighted by Gasteiger charge is 2.15. The van der Waals surface area contributed by atoms with Crippen molar-refractivity contribution in [3.8, 4) is 22.8 Å². The summed E-state index contributed by atoms with van der Waals surface area (Å²) in [7, 11) is 1.23. The molecular weight excluding hydrogens is 243 g/mol. The molecule has 0 aliphatic heterocycles. The van der Waals surface area contributed by atoms with Crippen molar-refractivity contribution in [1.82, 2.24) is 10.2 Å². The third-order valence-corrected chi connectivity index (χ3v) is 2.33. The SMILES string of the molecule is COc1c(O)cc(-c2cc(C(=O)O)[nH]n2)cc1F. The number of methoxy groups -OCH3 is 1. The molecule has 6 nitrogen and oxygen atoms in total. The fourth-order valence-electron chi connectivity index (χ4n) is 1.51. The second-order valence-corrected chi connectivity index (χ2v) is 3.48. The number of benzene rings is 1. The van der Waals surface area contributed by atoms with Crippen LogP contribution in [-0.2, 0) is 0 Å². The van der Waals surface area contributed by atoms with Crippen molar-refractivity contribution in [2.75, 3.05) is 7.11 Å². The van der Waals surface area contributed by atoms with E-state index in [4.69, 9.17) is 5.11 Å². The van der Waals surface area contributed by atoms with Gasteiger partial charge in [-0.15, -0.1) is 0 Å². The molecule has 0 unspecified atom stereocenters. The van der Waals surface area contributed by atoms with E-state index in [0.29, 0.717) is 0 Å². The van der Waals surface area contributed by atoms with Crippen LogP contribution in [0.15, 0.2) is 18.2 Å². The fraction of sp³-hybridized carbons (Fsp3) is 0.0909. The molecule has 0 aliphatic rings. The maximum Gasteiger partial charge on any atom is 0.353 e. The minimum Gasteiger partial charge on any atom is -0.504 e. The number of nitrogens with zero attached hydrogens (tertiary/aromatic N) is 1. The average molecular weight is 252 g/mol. The van der Waals surface area contributed by atoms with E-state index in [1.54, 1.807) is 0 Å². The standard InChI is InChI=1S/C11H9FN2O4/c1-18-10-6(12)2-5(3-9(10)15)7-4-8(11(16)17)14-13-7/h2-4,15H,1H3,(H,13,14)(H,16,17). The van der Waals surface area contributed by atoms with E-state index in [1.165, 1.54) is 19.2 Å². The van der Waals surface area contributed by atoms with Gasteiger partial charge in [0.15, 0.2) is 17.3 Å². The Hall–Kier alpha value is -2.57. The van der Waals surface area contributed by atoms with Gasteiger partial charge in [-0.1, -0.05) is 0 Å². The molecule has 0 radical (unpaired) electrons. The molecule has 0 saturated heterocycles. The molecule has 1 aromatic carbocycles. The summed E-state index contributed by atoms with van der Waals surface area (Å²) in [5.74, 6) is -2.58. The van der Waals surface area contributed by atoms with E-state index in [0.717, 1.165) is 6.07 Å². The van der Waals surface area contributed by atoms with Crippen LogP contribution in [-0.4, -0.2) is 33.5 Å². The first-order valence-corrected chi connectivity index (χ1v) is 4.88. The van der Waals surface area contributed by atoms with Gasteiger partial charge in [-0.3, -0.25) is 5.10 Å². The summed E-state index contributed by atoms with van der Waals surface area (Å²) in [6.45, 7) is 0. The van der Waals surface area contributed by atoms with Crippen LogP contribution >= 0.6 is 0 Å². The van der Waals surface area contributed by atoms with Gasteiger partial charge in [0, 0.05) is 5.56 Å². The van der Waals surface area contributed by atoms with Gasteiger partial charge < -0.3 is 14.9 Å². The van der Waals surface area contributed by atoms with Crippen LogP contribution in [0.25, 0.3) is 11.3 Å². The van der Waals surface area contributed by atoms with Crippen molar-refractivity contribution in [2.24, 2.45) is 0 Å². The number of phenolic OH excluding ortho intramolecular Hbond substituents is 1. The molecule has 3 N–H and O–H groups in total. The van der Waals surface area contributed by atoms with E-state index in [1.807, 2.05) is 0 Å². The van der Waals surface area contributed by atoms with Crippen LogP contribution in [0.2, 0.25) is 0 Å². The van der Waals surface area contributed by atoms with Gasteiger partial charge >= 0.3 is 5.97 Å². The van der Waals surface area contributed by atoms with Crippen molar-refractivity contribution in [1.29, 1.82) is 0 Å². The maximum atomic E-state index is 13.5. The number of aromatic nitrogens is 2. The zero-order valence-corrected chi connectivity index (χ0v) is 9.27. The van der Waals surface area contributed by atoms with Crippen molar-refractivity contribution in [3.63, 3.8) is 0 Å². The monoisotopic (exact) mass is 252 g/mol. The molecule has 0 atom stereocenters. The predicted octanol–water partition coefficient (Wildman–Crippen LogP) is 1.63. The number of carbonyl (C=O) groups is 1. The zero-order chi connectivity index (χ0) is 13.3. The Bertz CT molecular complexity index is 586. The number of aromatic hydroxyl groups is 1. The Labute approximate surface area is 101 Å². The van der Waals surface area contributed by atoms with Crippen molar-refractivity contribution >= 4 is 5.97 Å². The molecule has 18 heavy (non-hydrogen) atoms. The predicted molar refractivity (Wildman–Crippen MR) is 59.2 cm³/mol. The van der Waals surface area contributed by atoms with E-state index >= 15 is 0 Å². The molecule has 0 bridgehead atoms. The normalized spacial score (nSPS) is 10.3. The lowest BCUT2D eigenvalue weighted by molar-refractivity contribution is 0.0690. The number of aromatic amines is 1. The molecule has 0 spiro atoms. The lowest BCUT2D eigenvalue weighted by atomic mass is 10.1. The van der Waals surface area contributed by atoms with Gasteiger partial charge in [0.05, 0.1) is 12.8 Å². The van der Waals surface area contributed by atoms with Crippen molar-refractivity contribution in [2.45, 2.75) is 0 Å². The minimum atomic E-state index is -1.17. The molecule has 0 fully saturated rings. The van der Waals surface area contributed by atoms with Crippen LogP contribution in [0.4, 0.5) is 4.39 Å². The van der Waals surface area contributed by atoms with Gasteiger partial charge in [0.1, 0.15) is 5.69 Å². The number of halogens is 1.